The summed E-state index contributed by atoms with van der Waals surface area (Å²) in [5.74, 6) is 0.883. The lowest BCUT2D eigenvalue weighted by Crippen LogP contribution is -2.30. The van der Waals surface area contributed by atoms with Crippen LogP contribution in [0.2, 0.25) is 0 Å². The molecule has 1 N–H and O–H groups in total. The predicted molar refractivity (Wildman–Crippen MR) is 122 cm³/mol. The highest BCUT2D eigenvalue weighted by molar-refractivity contribution is 7.99. The van der Waals surface area contributed by atoms with Crippen LogP contribution in [0.1, 0.15) is 31.0 Å². The number of ether oxygens (including phenoxy) is 1. The lowest BCUT2D eigenvalue weighted by Gasteiger charge is -2.16. The second-order valence-corrected chi connectivity index (χ2v) is 8.38. The van der Waals surface area contributed by atoms with E-state index in [1.54, 1.807) is 10.6 Å². The first-order valence-corrected chi connectivity index (χ1v) is 11.0. The molecule has 2 aromatic carbocycles. The fourth-order valence-corrected chi connectivity index (χ4v) is 4.13. The highest BCUT2D eigenvalue weighted by Crippen LogP contribution is 2.21. The number of amides is 1. The topological polar surface area (TPSA) is 73.2 Å². The Bertz CT molecular complexity index is 1110. The zero-order valence-corrected chi connectivity index (χ0v) is 18.6. The van der Waals surface area contributed by atoms with Gasteiger partial charge >= 0.3 is 0 Å². The molecule has 0 aliphatic rings. The molecule has 0 bridgehead atoms. The number of rotatable bonds is 8. The van der Waals surface area contributed by atoms with E-state index in [1.165, 1.54) is 17.3 Å². The molecule has 7 heteroatoms. The molecule has 1 aromatic heterocycles. The number of benzene rings is 2. The van der Waals surface area contributed by atoms with Crippen molar-refractivity contribution in [3.05, 3.63) is 63.9 Å². The van der Waals surface area contributed by atoms with Crippen molar-refractivity contribution in [2.45, 2.75) is 38.9 Å². The van der Waals surface area contributed by atoms with Gasteiger partial charge in [0, 0.05) is 6.04 Å². The minimum absolute atomic E-state index is 0.0497. The molecule has 0 unspecified atom stereocenters. The van der Waals surface area contributed by atoms with Crippen molar-refractivity contribution in [3.8, 4) is 5.75 Å². The number of fused-ring (bicyclic) bond motifs is 1. The van der Waals surface area contributed by atoms with Gasteiger partial charge in [-0.15, -0.1) is 0 Å². The third-order valence-corrected chi connectivity index (χ3v) is 5.59. The van der Waals surface area contributed by atoms with Crippen LogP contribution in [-0.2, 0) is 4.79 Å². The number of nitrogens with zero attached hydrogens (tertiary/aromatic N) is 2. The lowest BCUT2D eigenvalue weighted by molar-refractivity contribution is -0.118. The summed E-state index contributed by atoms with van der Waals surface area (Å²) >= 11 is 1.27. The standard InChI is InChI=1S/C23H27N3O3S/c1-15(2)26-22(28)18-7-5-6-8-19(18)25-23(26)30-14-21(27)24-11-12-29-20-10-9-16(3)13-17(20)4/h5-10,13,15H,11-12,14H2,1-4H3,(H,24,27). The van der Waals surface area contributed by atoms with E-state index in [9.17, 15) is 9.59 Å². The largest absolute Gasteiger partial charge is 0.491 e. The molecule has 1 amide bonds. The van der Waals surface area contributed by atoms with Crippen molar-refractivity contribution in [1.29, 1.82) is 0 Å². The Morgan fingerprint density at radius 3 is 2.70 bits per heavy atom. The Balaban J connectivity index is 1.57. The smallest absolute Gasteiger partial charge is 0.262 e. The van der Waals surface area contributed by atoms with Crippen LogP contribution in [0.15, 0.2) is 52.4 Å². The lowest BCUT2D eigenvalue weighted by atomic mass is 10.1. The number of para-hydroxylation sites is 1. The van der Waals surface area contributed by atoms with E-state index < -0.39 is 0 Å². The molecule has 158 valence electrons. The zero-order chi connectivity index (χ0) is 21.7. The minimum Gasteiger partial charge on any atom is -0.491 e. The van der Waals surface area contributed by atoms with E-state index in [-0.39, 0.29) is 23.3 Å². The molecule has 3 rings (SSSR count). The summed E-state index contributed by atoms with van der Waals surface area (Å²) in [5, 5.41) is 3.99. The maximum atomic E-state index is 12.8. The maximum Gasteiger partial charge on any atom is 0.262 e. The van der Waals surface area contributed by atoms with Gasteiger partial charge in [-0.2, -0.15) is 0 Å². The fourth-order valence-electron chi connectivity index (χ4n) is 3.18. The Labute approximate surface area is 180 Å². The number of carbonyl (C=O) groups is 1. The van der Waals surface area contributed by atoms with E-state index in [4.69, 9.17) is 4.74 Å². The summed E-state index contributed by atoms with van der Waals surface area (Å²) in [7, 11) is 0. The van der Waals surface area contributed by atoms with Crippen molar-refractivity contribution in [2.24, 2.45) is 0 Å². The first-order chi connectivity index (χ1) is 14.4. The highest BCUT2D eigenvalue weighted by atomic mass is 32.2. The van der Waals surface area contributed by atoms with Crippen LogP contribution in [0.5, 0.6) is 5.75 Å². The van der Waals surface area contributed by atoms with Crippen molar-refractivity contribution in [2.75, 3.05) is 18.9 Å². The summed E-state index contributed by atoms with van der Waals surface area (Å²) in [4.78, 5) is 29.7. The first kappa shape index (κ1) is 21.9. The van der Waals surface area contributed by atoms with Crippen LogP contribution in [0.3, 0.4) is 0 Å². The third kappa shape index (κ3) is 5.21. The summed E-state index contributed by atoms with van der Waals surface area (Å²) in [6.45, 7) is 8.72. The number of thioether (sulfide) groups is 1. The van der Waals surface area contributed by atoms with Crippen LogP contribution in [0.25, 0.3) is 10.9 Å². The molecular weight excluding hydrogens is 398 g/mol. The summed E-state index contributed by atoms with van der Waals surface area (Å²) < 4.78 is 7.38. The Kier molecular flexibility index (Phi) is 7.15. The maximum absolute atomic E-state index is 12.8. The van der Waals surface area contributed by atoms with E-state index in [0.717, 1.165) is 11.3 Å². The van der Waals surface area contributed by atoms with Crippen LogP contribution in [0, 0.1) is 13.8 Å². The van der Waals surface area contributed by atoms with Gasteiger partial charge in [-0.25, -0.2) is 4.98 Å². The second kappa shape index (κ2) is 9.80. The van der Waals surface area contributed by atoms with Gasteiger partial charge < -0.3 is 10.1 Å². The van der Waals surface area contributed by atoms with Gasteiger partial charge in [-0.1, -0.05) is 41.6 Å². The minimum atomic E-state index is -0.123. The molecule has 0 aliphatic carbocycles. The molecule has 0 saturated heterocycles. The monoisotopic (exact) mass is 425 g/mol. The molecule has 0 radical (unpaired) electrons. The summed E-state index contributed by atoms with van der Waals surface area (Å²) in [6.07, 6.45) is 0. The number of hydrogen-bond acceptors (Lipinski definition) is 5. The molecule has 0 atom stereocenters. The molecule has 0 spiro atoms. The molecule has 0 aliphatic heterocycles. The van der Waals surface area contributed by atoms with Crippen LogP contribution in [-0.4, -0.2) is 34.4 Å². The van der Waals surface area contributed by atoms with Gasteiger partial charge in [-0.05, 0) is 51.5 Å². The number of carbonyl (C=O) groups excluding carboxylic acids is 1. The summed E-state index contributed by atoms with van der Waals surface area (Å²) in [6, 6.07) is 13.2. The SMILES string of the molecule is Cc1ccc(OCCNC(=O)CSc2nc3ccccc3c(=O)n2C(C)C)c(C)c1. The van der Waals surface area contributed by atoms with Gasteiger partial charge in [0.05, 0.1) is 23.2 Å². The molecule has 3 aromatic rings. The molecule has 0 fully saturated rings. The van der Waals surface area contributed by atoms with E-state index in [2.05, 4.69) is 16.4 Å². The quantitative estimate of drug-likeness (QED) is 0.337. The molecule has 1 heterocycles. The molecule has 0 saturated carbocycles. The number of nitrogens with one attached hydrogen (secondary N) is 1. The Morgan fingerprint density at radius 1 is 1.20 bits per heavy atom. The second-order valence-electron chi connectivity index (χ2n) is 7.44. The van der Waals surface area contributed by atoms with Crippen molar-refractivity contribution >= 4 is 28.6 Å². The van der Waals surface area contributed by atoms with Gasteiger partial charge in [0.25, 0.3) is 5.56 Å². The van der Waals surface area contributed by atoms with Gasteiger partial charge in [0.2, 0.25) is 5.91 Å². The normalized spacial score (nSPS) is 11.1. The Morgan fingerprint density at radius 2 is 1.97 bits per heavy atom. The molecular formula is C23H27N3O3S. The zero-order valence-electron chi connectivity index (χ0n) is 17.8. The number of aryl methyl sites for hydroxylation is 2. The van der Waals surface area contributed by atoms with E-state index in [0.29, 0.717) is 29.2 Å². The van der Waals surface area contributed by atoms with Crippen LogP contribution < -0.4 is 15.6 Å². The van der Waals surface area contributed by atoms with Crippen molar-refractivity contribution in [3.63, 3.8) is 0 Å². The van der Waals surface area contributed by atoms with Crippen LogP contribution in [0.4, 0.5) is 0 Å². The molecule has 30 heavy (non-hydrogen) atoms. The fraction of sp³-hybridized carbons (Fsp3) is 0.348. The van der Waals surface area contributed by atoms with Gasteiger partial charge in [-0.3, -0.25) is 14.2 Å². The Hall–Kier alpha value is -2.80. The number of aromatic nitrogens is 2. The highest BCUT2D eigenvalue weighted by Gasteiger charge is 2.15. The van der Waals surface area contributed by atoms with Gasteiger partial charge in [0.15, 0.2) is 5.16 Å². The number of hydrogen-bond donors (Lipinski definition) is 1. The average molecular weight is 426 g/mol. The third-order valence-electron chi connectivity index (χ3n) is 4.64. The molecule has 6 nitrogen and oxygen atoms in total. The predicted octanol–water partition coefficient (Wildman–Crippen LogP) is 3.88. The van der Waals surface area contributed by atoms with E-state index in [1.807, 2.05) is 58.0 Å². The van der Waals surface area contributed by atoms with Gasteiger partial charge in [0.1, 0.15) is 12.4 Å². The first-order valence-electron chi connectivity index (χ1n) is 9.97. The summed E-state index contributed by atoms with van der Waals surface area (Å²) in [5.41, 5.74) is 2.82. The average Bonchev–Trinajstić information content (AvgIpc) is 2.70. The van der Waals surface area contributed by atoms with E-state index >= 15 is 0 Å². The van der Waals surface area contributed by atoms with Crippen molar-refractivity contribution in [1.82, 2.24) is 14.9 Å². The van der Waals surface area contributed by atoms with Crippen molar-refractivity contribution < 1.29 is 9.53 Å². The van der Waals surface area contributed by atoms with Crippen LogP contribution >= 0.6 is 11.8 Å².